The molecule has 0 spiro atoms. The first-order valence-electron chi connectivity index (χ1n) is 2.75. The van der Waals surface area contributed by atoms with Crippen LogP contribution in [0.1, 0.15) is 13.8 Å². The zero-order valence-electron chi connectivity index (χ0n) is 5.33. The Bertz CT molecular complexity index is 90.6. The van der Waals surface area contributed by atoms with Gasteiger partial charge < -0.3 is 5.11 Å². The van der Waals surface area contributed by atoms with Crippen molar-refractivity contribution < 1.29 is 5.11 Å². The molecule has 0 bridgehead atoms. The Morgan fingerprint density at radius 3 is 2.38 bits per heavy atom. The highest BCUT2D eigenvalue weighted by molar-refractivity contribution is 5.02. The summed E-state index contributed by atoms with van der Waals surface area (Å²) in [6.45, 7) is 3.66. The second-order valence-electron chi connectivity index (χ2n) is 1.65. The first-order valence-corrected chi connectivity index (χ1v) is 2.75. The molecule has 1 unspecified atom stereocenters. The van der Waals surface area contributed by atoms with Gasteiger partial charge in [0.25, 0.3) is 0 Å². The summed E-state index contributed by atoms with van der Waals surface area (Å²) in [5, 5.41) is 8.66. The van der Waals surface area contributed by atoms with E-state index in [4.69, 9.17) is 5.11 Å². The van der Waals surface area contributed by atoms with Crippen LogP contribution in [-0.4, -0.2) is 11.2 Å². The predicted octanol–water partition coefficient (Wildman–Crippen LogP) is 1.50. The molecular weight excluding hydrogens is 100 g/mol. The Labute approximate surface area is 50.3 Å². The molecule has 0 radical (unpaired) electrons. The van der Waals surface area contributed by atoms with Gasteiger partial charge in [0.2, 0.25) is 0 Å². The third kappa shape index (κ3) is 5.44. The Kier molecular flexibility index (Phi) is 4.27. The highest BCUT2D eigenvalue weighted by Crippen LogP contribution is 1.82. The molecule has 46 valence electrons. The first kappa shape index (κ1) is 7.44. The van der Waals surface area contributed by atoms with Crippen molar-refractivity contribution in [1.29, 1.82) is 0 Å². The molecule has 1 N–H and O–H groups in total. The summed E-state index contributed by atoms with van der Waals surface area (Å²) >= 11 is 0. The molecule has 0 heterocycles. The molecule has 0 aromatic rings. The maximum absolute atomic E-state index is 8.66. The van der Waals surface area contributed by atoms with Crippen LogP contribution in [0.4, 0.5) is 0 Å². The SMILES string of the molecule is CC=CC=CC(C)O. The summed E-state index contributed by atoms with van der Waals surface area (Å²) < 4.78 is 0. The van der Waals surface area contributed by atoms with E-state index in [0.29, 0.717) is 0 Å². The van der Waals surface area contributed by atoms with Gasteiger partial charge in [0, 0.05) is 0 Å². The van der Waals surface area contributed by atoms with Gasteiger partial charge in [-0.05, 0) is 13.8 Å². The lowest BCUT2D eigenvalue weighted by Crippen LogP contribution is -1.90. The normalized spacial score (nSPS) is 15.9. The minimum atomic E-state index is -0.328. The van der Waals surface area contributed by atoms with Crippen molar-refractivity contribution in [2.75, 3.05) is 0 Å². The van der Waals surface area contributed by atoms with Gasteiger partial charge in [0.1, 0.15) is 0 Å². The summed E-state index contributed by atoms with van der Waals surface area (Å²) in [7, 11) is 0. The van der Waals surface area contributed by atoms with Gasteiger partial charge in [-0.15, -0.1) is 0 Å². The lowest BCUT2D eigenvalue weighted by Gasteiger charge is -1.88. The third-order valence-corrected chi connectivity index (χ3v) is 0.693. The van der Waals surface area contributed by atoms with E-state index in [1.807, 2.05) is 25.2 Å². The second-order valence-corrected chi connectivity index (χ2v) is 1.65. The number of aliphatic hydroxyl groups excluding tert-OH is 1. The molecule has 0 aliphatic carbocycles. The second kappa shape index (κ2) is 4.60. The molecular formula is C7H12O. The van der Waals surface area contributed by atoms with Crippen LogP contribution >= 0.6 is 0 Å². The van der Waals surface area contributed by atoms with Crippen molar-refractivity contribution in [1.82, 2.24) is 0 Å². The van der Waals surface area contributed by atoms with E-state index in [2.05, 4.69) is 0 Å². The van der Waals surface area contributed by atoms with Crippen LogP contribution in [-0.2, 0) is 0 Å². The molecule has 0 saturated carbocycles. The fraction of sp³-hybridized carbons (Fsp3) is 0.429. The Morgan fingerprint density at radius 1 is 1.38 bits per heavy atom. The van der Waals surface area contributed by atoms with Crippen LogP contribution in [0, 0.1) is 0 Å². The van der Waals surface area contributed by atoms with Gasteiger partial charge >= 0.3 is 0 Å². The quantitative estimate of drug-likeness (QED) is 0.537. The molecule has 1 atom stereocenters. The summed E-state index contributed by atoms with van der Waals surface area (Å²) in [5.41, 5.74) is 0. The summed E-state index contributed by atoms with van der Waals surface area (Å²) in [5.74, 6) is 0. The van der Waals surface area contributed by atoms with E-state index >= 15 is 0 Å². The molecule has 0 aliphatic heterocycles. The number of aliphatic hydroxyl groups is 1. The maximum atomic E-state index is 8.66. The van der Waals surface area contributed by atoms with E-state index < -0.39 is 0 Å². The molecule has 0 fully saturated rings. The van der Waals surface area contributed by atoms with Crippen molar-refractivity contribution >= 4 is 0 Å². The van der Waals surface area contributed by atoms with Gasteiger partial charge in [-0.25, -0.2) is 0 Å². The van der Waals surface area contributed by atoms with E-state index in [-0.39, 0.29) is 6.10 Å². The van der Waals surface area contributed by atoms with Crippen molar-refractivity contribution in [3.05, 3.63) is 24.3 Å². The zero-order valence-corrected chi connectivity index (χ0v) is 5.33. The first-order chi connectivity index (χ1) is 3.77. The van der Waals surface area contributed by atoms with E-state index in [9.17, 15) is 0 Å². The summed E-state index contributed by atoms with van der Waals surface area (Å²) in [6, 6.07) is 0. The van der Waals surface area contributed by atoms with Gasteiger partial charge in [-0.1, -0.05) is 24.3 Å². The Morgan fingerprint density at radius 2 is 2.00 bits per heavy atom. The zero-order chi connectivity index (χ0) is 6.41. The van der Waals surface area contributed by atoms with Crippen LogP contribution in [0.3, 0.4) is 0 Å². The fourth-order valence-corrected chi connectivity index (χ4v) is 0.336. The van der Waals surface area contributed by atoms with Crippen molar-refractivity contribution in [3.63, 3.8) is 0 Å². The van der Waals surface area contributed by atoms with Crippen molar-refractivity contribution in [2.45, 2.75) is 20.0 Å². The molecule has 0 amide bonds. The van der Waals surface area contributed by atoms with Crippen LogP contribution < -0.4 is 0 Å². The number of hydrogen-bond donors (Lipinski definition) is 1. The lowest BCUT2D eigenvalue weighted by atomic mass is 10.3. The van der Waals surface area contributed by atoms with Gasteiger partial charge in [-0.3, -0.25) is 0 Å². The van der Waals surface area contributed by atoms with Gasteiger partial charge in [0.05, 0.1) is 6.10 Å². The molecule has 0 aromatic carbocycles. The van der Waals surface area contributed by atoms with E-state index in [0.717, 1.165) is 0 Å². The average Bonchev–Trinajstić information content (AvgIpc) is 1.66. The minimum absolute atomic E-state index is 0.328. The number of hydrogen-bond acceptors (Lipinski definition) is 1. The van der Waals surface area contributed by atoms with Crippen LogP contribution in [0.2, 0.25) is 0 Å². The minimum Gasteiger partial charge on any atom is -0.389 e. The Hall–Kier alpha value is -0.560. The van der Waals surface area contributed by atoms with Gasteiger partial charge in [-0.2, -0.15) is 0 Å². The van der Waals surface area contributed by atoms with Crippen molar-refractivity contribution in [2.24, 2.45) is 0 Å². The van der Waals surface area contributed by atoms with E-state index in [1.54, 1.807) is 13.0 Å². The lowest BCUT2D eigenvalue weighted by molar-refractivity contribution is 0.244. The van der Waals surface area contributed by atoms with Crippen LogP contribution in [0.15, 0.2) is 24.3 Å². The molecule has 0 rings (SSSR count). The molecule has 0 aromatic heterocycles. The molecule has 0 aliphatic rings. The number of rotatable bonds is 2. The molecule has 0 saturated heterocycles. The Balaban J connectivity index is 3.34. The van der Waals surface area contributed by atoms with Crippen molar-refractivity contribution in [3.8, 4) is 0 Å². The summed E-state index contributed by atoms with van der Waals surface area (Å²) in [6.07, 6.45) is 7.02. The van der Waals surface area contributed by atoms with Crippen LogP contribution in [0.5, 0.6) is 0 Å². The third-order valence-electron chi connectivity index (χ3n) is 0.693. The highest BCUT2D eigenvalue weighted by Gasteiger charge is 1.79. The summed E-state index contributed by atoms with van der Waals surface area (Å²) in [4.78, 5) is 0. The monoisotopic (exact) mass is 112 g/mol. The standard InChI is InChI=1S/C7H12O/c1-3-4-5-6-7(2)8/h3-8H,1-2H3. The number of allylic oxidation sites excluding steroid dienone is 3. The predicted molar refractivity (Wildman–Crippen MR) is 35.6 cm³/mol. The maximum Gasteiger partial charge on any atom is 0.0695 e. The van der Waals surface area contributed by atoms with Gasteiger partial charge in [0.15, 0.2) is 0 Å². The topological polar surface area (TPSA) is 20.2 Å². The molecule has 1 nitrogen and oxygen atoms in total. The van der Waals surface area contributed by atoms with Crippen LogP contribution in [0.25, 0.3) is 0 Å². The fourth-order valence-electron chi connectivity index (χ4n) is 0.336. The smallest absolute Gasteiger partial charge is 0.0695 e. The largest absolute Gasteiger partial charge is 0.389 e. The van der Waals surface area contributed by atoms with E-state index in [1.165, 1.54) is 0 Å². The molecule has 1 heteroatoms. The highest BCUT2D eigenvalue weighted by atomic mass is 16.3. The average molecular weight is 112 g/mol. The molecule has 8 heavy (non-hydrogen) atoms.